The van der Waals surface area contributed by atoms with E-state index < -0.39 is 11.6 Å². The van der Waals surface area contributed by atoms with E-state index in [1.165, 1.54) is 25.4 Å². The van der Waals surface area contributed by atoms with Crippen molar-refractivity contribution in [1.82, 2.24) is 15.0 Å². The van der Waals surface area contributed by atoms with Crippen LogP contribution in [0.15, 0.2) is 24.5 Å². The van der Waals surface area contributed by atoms with Crippen molar-refractivity contribution in [3.8, 4) is 5.75 Å². The van der Waals surface area contributed by atoms with Gasteiger partial charge in [-0.15, -0.1) is 0 Å². The number of halogens is 2. The summed E-state index contributed by atoms with van der Waals surface area (Å²) in [7, 11) is 0. The molecule has 0 aliphatic heterocycles. The highest BCUT2D eigenvalue weighted by Gasteiger charge is 2.26. The minimum Gasteiger partial charge on any atom is -0.490 e. The van der Waals surface area contributed by atoms with Crippen LogP contribution in [0.25, 0.3) is 0 Å². The van der Waals surface area contributed by atoms with E-state index in [1.54, 1.807) is 6.92 Å². The van der Waals surface area contributed by atoms with Gasteiger partial charge in [-0.1, -0.05) is 0 Å². The number of nitrogens with zero attached hydrogens (tertiary/aromatic N) is 3. The smallest absolute Gasteiger partial charge is 0.287 e. The minimum absolute atomic E-state index is 0.0186. The number of carbonyl (C=O) groups excluding carboxylic acids is 1. The van der Waals surface area contributed by atoms with Crippen molar-refractivity contribution < 1.29 is 18.3 Å². The number of anilines is 3. The number of alkyl halides is 2. The quantitative estimate of drug-likeness (QED) is 0.842. The Balaban J connectivity index is 2.34. The Hall–Kier alpha value is -2.84. The molecule has 0 radical (unpaired) electrons. The molecule has 7 nitrogen and oxygen atoms in total. The lowest BCUT2D eigenvalue weighted by molar-refractivity contribution is -0.114. The third-order valence-corrected chi connectivity index (χ3v) is 2.82. The van der Waals surface area contributed by atoms with E-state index in [-0.39, 0.29) is 17.7 Å². The Morgan fingerprint density at radius 3 is 2.75 bits per heavy atom. The van der Waals surface area contributed by atoms with Crippen molar-refractivity contribution in [3.05, 3.63) is 30.2 Å². The Labute approximate surface area is 137 Å². The summed E-state index contributed by atoms with van der Waals surface area (Å²) in [6, 6.07) is 2.65. The predicted octanol–water partition coefficient (Wildman–Crippen LogP) is 3.08. The molecule has 0 unspecified atom stereocenters. The third-order valence-electron chi connectivity index (χ3n) is 2.82. The second kappa shape index (κ2) is 7.16. The first-order chi connectivity index (χ1) is 11.3. The van der Waals surface area contributed by atoms with Crippen molar-refractivity contribution in [2.45, 2.75) is 26.7 Å². The van der Waals surface area contributed by atoms with Crippen LogP contribution < -0.4 is 15.4 Å². The first kappa shape index (κ1) is 17.5. The number of hydrogen-bond donors (Lipinski definition) is 2. The van der Waals surface area contributed by atoms with E-state index in [4.69, 9.17) is 4.74 Å². The SMILES string of the molecule is CCOc1cnc(NC(C)=O)cc1Nc1nccc(C(C)(F)F)n1. The monoisotopic (exact) mass is 337 g/mol. The standard InChI is InChI=1S/C15H17F2N5O2/c1-4-24-11-8-19-13(20-9(2)23)7-10(11)21-14-18-6-5-12(22-14)15(3,16)17/h5-8H,4H2,1-3H3,(H2,18,19,20,21,22,23). The van der Waals surface area contributed by atoms with Crippen LogP contribution in [0.5, 0.6) is 5.75 Å². The summed E-state index contributed by atoms with van der Waals surface area (Å²) in [6.07, 6.45) is 2.65. The van der Waals surface area contributed by atoms with Gasteiger partial charge in [0, 0.05) is 26.1 Å². The van der Waals surface area contributed by atoms with Crippen LogP contribution in [0.4, 0.5) is 26.2 Å². The molecule has 0 aromatic carbocycles. The van der Waals surface area contributed by atoms with Crippen LogP contribution >= 0.6 is 0 Å². The van der Waals surface area contributed by atoms with Gasteiger partial charge in [-0.2, -0.15) is 8.78 Å². The van der Waals surface area contributed by atoms with Gasteiger partial charge in [0.15, 0.2) is 5.75 Å². The third kappa shape index (κ3) is 4.58. The summed E-state index contributed by atoms with van der Waals surface area (Å²) in [5.74, 6) is -2.73. The minimum atomic E-state index is -3.08. The van der Waals surface area contributed by atoms with E-state index in [0.717, 1.165) is 13.0 Å². The molecule has 24 heavy (non-hydrogen) atoms. The summed E-state index contributed by atoms with van der Waals surface area (Å²) in [5, 5.41) is 5.34. The molecule has 128 valence electrons. The zero-order chi connectivity index (χ0) is 17.7. The van der Waals surface area contributed by atoms with Crippen LogP contribution in [0.1, 0.15) is 26.5 Å². The van der Waals surface area contributed by atoms with Crippen LogP contribution in [-0.4, -0.2) is 27.5 Å². The molecule has 0 atom stereocenters. The van der Waals surface area contributed by atoms with E-state index in [1.807, 2.05) is 0 Å². The van der Waals surface area contributed by atoms with Gasteiger partial charge in [0.25, 0.3) is 5.92 Å². The average molecular weight is 337 g/mol. The van der Waals surface area contributed by atoms with Gasteiger partial charge in [-0.3, -0.25) is 4.79 Å². The van der Waals surface area contributed by atoms with Crippen molar-refractivity contribution in [3.63, 3.8) is 0 Å². The Bertz CT molecular complexity index is 734. The summed E-state index contributed by atoms with van der Waals surface area (Å²) < 4.78 is 32.2. The number of pyridine rings is 1. The molecule has 0 saturated heterocycles. The molecule has 2 N–H and O–H groups in total. The highest BCUT2D eigenvalue weighted by Crippen LogP contribution is 2.30. The van der Waals surface area contributed by atoms with Gasteiger partial charge < -0.3 is 15.4 Å². The normalized spacial score (nSPS) is 11.0. The predicted molar refractivity (Wildman–Crippen MR) is 84.6 cm³/mol. The van der Waals surface area contributed by atoms with Crippen molar-refractivity contribution in [2.75, 3.05) is 17.2 Å². The van der Waals surface area contributed by atoms with Crippen molar-refractivity contribution >= 4 is 23.4 Å². The molecule has 0 aliphatic rings. The molecule has 0 spiro atoms. The number of amides is 1. The molecular formula is C15H17F2N5O2. The topological polar surface area (TPSA) is 89.0 Å². The zero-order valence-corrected chi connectivity index (χ0v) is 13.4. The van der Waals surface area contributed by atoms with Gasteiger partial charge in [0.1, 0.15) is 11.5 Å². The molecule has 1 amide bonds. The molecule has 2 aromatic rings. The van der Waals surface area contributed by atoms with Crippen LogP contribution in [0.3, 0.4) is 0 Å². The highest BCUT2D eigenvalue weighted by molar-refractivity contribution is 5.88. The molecule has 0 bridgehead atoms. The Morgan fingerprint density at radius 1 is 1.38 bits per heavy atom. The zero-order valence-electron chi connectivity index (χ0n) is 13.4. The molecule has 0 saturated carbocycles. The highest BCUT2D eigenvalue weighted by atomic mass is 19.3. The van der Waals surface area contributed by atoms with E-state index >= 15 is 0 Å². The van der Waals surface area contributed by atoms with Crippen LogP contribution in [-0.2, 0) is 10.7 Å². The maximum absolute atomic E-state index is 13.4. The van der Waals surface area contributed by atoms with E-state index in [9.17, 15) is 13.6 Å². The maximum Gasteiger partial charge on any atom is 0.287 e. The number of ether oxygens (including phenoxy) is 1. The van der Waals surface area contributed by atoms with Gasteiger partial charge in [0.05, 0.1) is 18.5 Å². The van der Waals surface area contributed by atoms with Crippen molar-refractivity contribution in [2.24, 2.45) is 0 Å². The first-order valence-corrected chi connectivity index (χ1v) is 7.18. The molecule has 2 rings (SSSR count). The summed E-state index contributed by atoms with van der Waals surface area (Å²) in [6.45, 7) is 4.28. The molecule has 0 fully saturated rings. The fraction of sp³-hybridized carbons (Fsp3) is 0.333. The number of nitrogens with one attached hydrogen (secondary N) is 2. The molecule has 0 aliphatic carbocycles. The lowest BCUT2D eigenvalue weighted by Crippen LogP contribution is -2.12. The van der Waals surface area contributed by atoms with Crippen LogP contribution in [0.2, 0.25) is 0 Å². The average Bonchev–Trinajstić information content (AvgIpc) is 2.49. The fourth-order valence-electron chi connectivity index (χ4n) is 1.84. The second-order valence-corrected chi connectivity index (χ2v) is 4.96. The number of aromatic nitrogens is 3. The maximum atomic E-state index is 13.4. The molecule has 9 heteroatoms. The molecule has 2 aromatic heterocycles. The molecular weight excluding hydrogens is 320 g/mol. The number of carbonyl (C=O) groups is 1. The van der Waals surface area contributed by atoms with Gasteiger partial charge in [-0.25, -0.2) is 15.0 Å². The fourth-order valence-corrected chi connectivity index (χ4v) is 1.84. The Kier molecular flexibility index (Phi) is 5.22. The lowest BCUT2D eigenvalue weighted by atomic mass is 10.2. The summed E-state index contributed by atoms with van der Waals surface area (Å²) in [5.41, 5.74) is -0.0127. The summed E-state index contributed by atoms with van der Waals surface area (Å²) >= 11 is 0. The lowest BCUT2D eigenvalue weighted by Gasteiger charge is -2.14. The van der Waals surface area contributed by atoms with Gasteiger partial charge >= 0.3 is 0 Å². The van der Waals surface area contributed by atoms with Crippen LogP contribution in [0, 0.1) is 0 Å². The largest absolute Gasteiger partial charge is 0.490 e. The Morgan fingerprint density at radius 2 is 2.12 bits per heavy atom. The molecule has 2 heterocycles. The first-order valence-electron chi connectivity index (χ1n) is 7.18. The number of hydrogen-bond acceptors (Lipinski definition) is 6. The van der Waals surface area contributed by atoms with Crippen molar-refractivity contribution in [1.29, 1.82) is 0 Å². The second-order valence-electron chi connectivity index (χ2n) is 4.96. The van der Waals surface area contributed by atoms with Gasteiger partial charge in [-0.05, 0) is 13.0 Å². The van der Waals surface area contributed by atoms with E-state index in [0.29, 0.717) is 18.0 Å². The van der Waals surface area contributed by atoms with Gasteiger partial charge in [0.2, 0.25) is 11.9 Å². The van der Waals surface area contributed by atoms with E-state index in [2.05, 4.69) is 25.6 Å². The number of rotatable bonds is 6. The summed E-state index contributed by atoms with van der Waals surface area (Å²) in [4.78, 5) is 22.9.